The first-order chi connectivity index (χ1) is 17.3. The molecule has 192 valence electrons. The molecule has 1 aliphatic rings. The molecule has 1 saturated carbocycles. The highest BCUT2D eigenvalue weighted by Gasteiger charge is 2.26. The molecule has 9 nitrogen and oxygen atoms in total. The van der Waals surface area contributed by atoms with Gasteiger partial charge in [-0.05, 0) is 62.8 Å². The van der Waals surface area contributed by atoms with Crippen molar-refractivity contribution in [2.75, 3.05) is 32.2 Å². The minimum atomic E-state index is -0.742. The van der Waals surface area contributed by atoms with E-state index in [-0.39, 0.29) is 28.8 Å². The number of carbonyl (C=O) groups is 2. The van der Waals surface area contributed by atoms with Crippen molar-refractivity contribution in [3.8, 4) is 11.8 Å². The molecule has 1 aliphatic carbocycles. The Morgan fingerprint density at radius 3 is 2.64 bits per heavy atom. The highest BCUT2D eigenvalue weighted by atomic mass is 35.5. The summed E-state index contributed by atoms with van der Waals surface area (Å²) in [7, 11) is 1.59. The number of aromatic nitrogens is 1. The second kappa shape index (κ2) is 13.1. The molecule has 1 atom stereocenters. The molecule has 0 spiro atoms. The summed E-state index contributed by atoms with van der Waals surface area (Å²) >= 11 is 6.44. The quantitative estimate of drug-likeness (QED) is 0.375. The molecular formula is C26H31ClN4O5. The number of carboxylic acid groups (broad SMARTS) is 1. The number of nitrogens with one attached hydrogen (secondary N) is 2. The highest BCUT2D eigenvalue weighted by molar-refractivity contribution is 6.33. The Morgan fingerprint density at radius 1 is 1.25 bits per heavy atom. The molecule has 0 radical (unpaired) electrons. The lowest BCUT2D eigenvalue weighted by molar-refractivity contribution is -0.143. The van der Waals surface area contributed by atoms with Crippen LogP contribution in [0.3, 0.4) is 0 Å². The van der Waals surface area contributed by atoms with Gasteiger partial charge in [-0.2, -0.15) is 5.26 Å². The van der Waals surface area contributed by atoms with Crippen molar-refractivity contribution >= 4 is 29.3 Å². The molecule has 1 fully saturated rings. The number of anilines is 1. The van der Waals surface area contributed by atoms with Gasteiger partial charge in [0.2, 0.25) is 0 Å². The first kappa shape index (κ1) is 27.2. The van der Waals surface area contributed by atoms with E-state index in [1.54, 1.807) is 31.4 Å². The zero-order chi connectivity index (χ0) is 26.1. The molecule has 1 aromatic heterocycles. The first-order valence-corrected chi connectivity index (χ1v) is 12.3. The zero-order valence-electron chi connectivity index (χ0n) is 20.4. The molecule has 3 rings (SSSR count). The molecule has 1 aromatic carbocycles. The average molecular weight is 515 g/mol. The Kier molecular flexibility index (Phi) is 9.91. The molecule has 0 bridgehead atoms. The predicted octanol–water partition coefficient (Wildman–Crippen LogP) is 4.43. The van der Waals surface area contributed by atoms with Crippen LogP contribution in [0.25, 0.3) is 0 Å². The summed E-state index contributed by atoms with van der Waals surface area (Å²) in [5, 5.41) is 24.8. The van der Waals surface area contributed by atoms with Crippen molar-refractivity contribution in [3.63, 3.8) is 0 Å². The van der Waals surface area contributed by atoms with Gasteiger partial charge >= 0.3 is 5.97 Å². The van der Waals surface area contributed by atoms with E-state index in [4.69, 9.17) is 26.2 Å². The minimum absolute atomic E-state index is 0.263. The SMILES string of the molecule is COCCOc1ccc(C#N)cc1[C@H](C)Nc1ncc(C(=O)NC[C@H]2CC[C@H](C(=O)O)CC2)cc1Cl. The summed E-state index contributed by atoms with van der Waals surface area (Å²) in [4.78, 5) is 28.1. The summed E-state index contributed by atoms with van der Waals surface area (Å²) in [6.07, 6.45) is 4.29. The van der Waals surface area contributed by atoms with E-state index in [2.05, 4.69) is 21.7 Å². The van der Waals surface area contributed by atoms with Gasteiger partial charge in [-0.25, -0.2) is 4.98 Å². The summed E-state index contributed by atoms with van der Waals surface area (Å²) in [6, 6.07) is 8.59. The standard InChI is InChI=1S/C26H31ClN4O5/c1-16(21-11-18(13-28)5-8-23(21)36-10-9-35-2)31-24-22(27)12-20(15-29-24)25(32)30-14-17-3-6-19(7-4-17)26(33)34/h5,8,11-12,15-17,19H,3-4,6-7,9-10,14H2,1-2H3,(H,29,31)(H,30,32)(H,33,34)/t16-,17-,19-/m0/s1. The van der Waals surface area contributed by atoms with E-state index in [0.29, 0.717) is 55.3 Å². The smallest absolute Gasteiger partial charge is 0.306 e. The number of halogens is 1. The van der Waals surface area contributed by atoms with Gasteiger partial charge in [-0.1, -0.05) is 11.6 Å². The molecule has 2 aromatic rings. The molecule has 1 heterocycles. The third kappa shape index (κ3) is 7.33. The summed E-state index contributed by atoms with van der Waals surface area (Å²) in [5.41, 5.74) is 1.61. The lowest BCUT2D eigenvalue weighted by atomic mass is 9.82. The fraction of sp³-hybridized carbons (Fsp3) is 0.462. The van der Waals surface area contributed by atoms with Crippen LogP contribution in [0.4, 0.5) is 5.82 Å². The third-order valence-electron chi connectivity index (χ3n) is 6.35. The number of aliphatic carboxylic acids is 1. The fourth-order valence-corrected chi connectivity index (χ4v) is 4.45. The van der Waals surface area contributed by atoms with E-state index in [9.17, 15) is 14.9 Å². The summed E-state index contributed by atoms with van der Waals surface area (Å²) in [6.45, 7) is 3.19. The second-order valence-electron chi connectivity index (χ2n) is 8.89. The number of carboxylic acids is 1. The average Bonchev–Trinajstić information content (AvgIpc) is 2.88. The van der Waals surface area contributed by atoms with Crippen molar-refractivity contribution in [3.05, 3.63) is 52.2 Å². The Hall–Kier alpha value is -3.35. The highest BCUT2D eigenvalue weighted by Crippen LogP contribution is 2.31. The number of methoxy groups -OCH3 is 1. The molecule has 3 N–H and O–H groups in total. The number of hydrogen-bond acceptors (Lipinski definition) is 7. The van der Waals surface area contributed by atoms with Gasteiger partial charge in [0.15, 0.2) is 0 Å². The Labute approximate surface area is 215 Å². The normalized spacial score (nSPS) is 18.1. The van der Waals surface area contributed by atoms with Crippen molar-refractivity contribution in [2.45, 2.75) is 38.6 Å². The number of amides is 1. The van der Waals surface area contributed by atoms with Gasteiger partial charge in [0.1, 0.15) is 18.2 Å². The lowest BCUT2D eigenvalue weighted by Gasteiger charge is -2.26. The molecule has 0 saturated heterocycles. The number of nitrogens with zero attached hydrogens (tertiary/aromatic N) is 2. The van der Waals surface area contributed by atoms with Crippen molar-refractivity contribution in [2.24, 2.45) is 11.8 Å². The van der Waals surface area contributed by atoms with E-state index in [0.717, 1.165) is 18.4 Å². The molecule has 36 heavy (non-hydrogen) atoms. The Bertz CT molecular complexity index is 1110. The van der Waals surface area contributed by atoms with Gasteiger partial charge in [0, 0.05) is 25.4 Å². The number of pyridine rings is 1. The molecule has 1 amide bonds. The van der Waals surface area contributed by atoms with Gasteiger partial charge in [0.25, 0.3) is 5.91 Å². The Morgan fingerprint density at radius 2 is 2.00 bits per heavy atom. The largest absolute Gasteiger partial charge is 0.491 e. The van der Waals surface area contributed by atoms with Crippen LogP contribution in [0, 0.1) is 23.2 Å². The molecule has 10 heteroatoms. The molecule has 0 unspecified atom stereocenters. The summed E-state index contributed by atoms with van der Waals surface area (Å²) in [5.74, 6) is -0.0146. The van der Waals surface area contributed by atoms with E-state index in [1.807, 2.05) is 6.92 Å². The van der Waals surface area contributed by atoms with Crippen molar-refractivity contribution in [1.29, 1.82) is 5.26 Å². The van der Waals surface area contributed by atoms with Gasteiger partial charge < -0.3 is 25.2 Å². The maximum Gasteiger partial charge on any atom is 0.306 e. The number of hydrogen-bond donors (Lipinski definition) is 3. The van der Waals surface area contributed by atoms with Crippen LogP contribution in [-0.2, 0) is 9.53 Å². The molecule has 0 aliphatic heterocycles. The number of rotatable bonds is 11. The number of carbonyl (C=O) groups excluding carboxylic acids is 1. The van der Waals surface area contributed by atoms with E-state index >= 15 is 0 Å². The van der Waals surface area contributed by atoms with Gasteiger partial charge in [-0.3, -0.25) is 9.59 Å². The lowest BCUT2D eigenvalue weighted by Crippen LogP contribution is -2.32. The van der Waals surface area contributed by atoms with Crippen LogP contribution in [-0.4, -0.2) is 48.8 Å². The zero-order valence-corrected chi connectivity index (χ0v) is 21.2. The van der Waals surface area contributed by atoms with Crippen LogP contribution in [0.2, 0.25) is 5.02 Å². The van der Waals surface area contributed by atoms with Crippen LogP contribution in [0.1, 0.15) is 60.1 Å². The van der Waals surface area contributed by atoms with Crippen molar-refractivity contribution in [1.82, 2.24) is 10.3 Å². The van der Waals surface area contributed by atoms with Crippen LogP contribution in [0.15, 0.2) is 30.5 Å². The van der Waals surface area contributed by atoms with E-state index in [1.165, 1.54) is 6.20 Å². The first-order valence-electron chi connectivity index (χ1n) is 11.9. The monoisotopic (exact) mass is 514 g/mol. The van der Waals surface area contributed by atoms with Gasteiger partial charge in [0.05, 0.1) is 40.8 Å². The second-order valence-corrected chi connectivity index (χ2v) is 9.30. The fourth-order valence-electron chi connectivity index (χ4n) is 4.23. The van der Waals surface area contributed by atoms with Gasteiger partial charge in [-0.15, -0.1) is 0 Å². The minimum Gasteiger partial charge on any atom is -0.491 e. The predicted molar refractivity (Wildman–Crippen MR) is 135 cm³/mol. The maximum atomic E-state index is 12.6. The number of ether oxygens (including phenoxy) is 2. The topological polar surface area (TPSA) is 134 Å². The van der Waals surface area contributed by atoms with Crippen LogP contribution < -0.4 is 15.4 Å². The molecular weight excluding hydrogens is 484 g/mol. The number of nitriles is 1. The maximum absolute atomic E-state index is 12.6. The summed E-state index contributed by atoms with van der Waals surface area (Å²) < 4.78 is 10.8. The van der Waals surface area contributed by atoms with Crippen LogP contribution >= 0.6 is 11.6 Å². The number of benzene rings is 1. The van der Waals surface area contributed by atoms with Crippen molar-refractivity contribution < 1.29 is 24.2 Å². The third-order valence-corrected chi connectivity index (χ3v) is 6.64. The van der Waals surface area contributed by atoms with Crippen LogP contribution in [0.5, 0.6) is 5.75 Å². The van der Waals surface area contributed by atoms with E-state index < -0.39 is 5.97 Å². The Balaban J connectivity index is 1.61.